The number of alkyl halides is 1. The highest BCUT2D eigenvalue weighted by Gasteiger charge is 2.54. The van der Waals surface area contributed by atoms with E-state index in [0.717, 1.165) is 32.8 Å². The summed E-state index contributed by atoms with van der Waals surface area (Å²) in [5.74, 6) is 1.51. The predicted molar refractivity (Wildman–Crippen MR) is 136 cm³/mol. The maximum absolute atomic E-state index is 10.1. The van der Waals surface area contributed by atoms with Crippen LogP contribution in [0.3, 0.4) is 0 Å². The van der Waals surface area contributed by atoms with Gasteiger partial charge in [-0.2, -0.15) is 0 Å². The summed E-state index contributed by atoms with van der Waals surface area (Å²) in [4.78, 5) is 0. The molecule has 3 fully saturated rings. The molecule has 0 bridgehead atoms. The molecule has 0 aromatic rings. The lowest BCUT2D eigenvalue weighted by Gasteiger charge is -2.45. The normalized spacial score (nSPS) is 37.7. The predicted octanol–water partition coefficient (Wildman–Crippen LogP) is 7.35. The van der Waals surface area contributed by atoms with Crippen molar-refractivity contribution in [2.75, 3.05) is 0 Å². The monoisotopic (exact) mass is 526 g/mol. The van der Waals surface area contributed by atoms with E-state index in [1.54, 1.807) is 5.57 Å². The third-order valence-corrected chi connectivity index (χ3v) is 9.63. The molecule has 0 heterocycles. The van der Waals surface area contributed by atoms with Crippen molar-refractivity contribution < 1.29 is 10.2 Å². The zero-order valence-electron chi connectivity index (χ0n) is 19.6. The molecule has 3 saturated carbocycles. The molecular formula is C27H43IO2. The molecule has 170 valence electrons. The second kappa shape index (κ2) is 9.79. The lowest BCUT2D eigenvalue weighted by Crippen LogP contribution is -2.37. The Balaban J connectivity index is 1.77. The van der Waals surface area contributed by atoms with Crippen molar-refractivity contribution in [2.45, 2.75) is 102 Å². The molecule has 0 aliphatic heterocycles. The first-order valence-electron chi connectivity index (χ1n) is 12.2. The van der Waals surface area contributed by atoms with Gasteiger partial charge >= 0.3 is 0 Å². The van der Waals surface area contributed by atoms with Crippen LogP contribution in [0.5, 0.6) is 0 Å². The molecule has 1 unspecified atom stereocenters. The van der Waals surface area contributed by atoms with Crippen LogP contribution in [0.25, 0.3) is 0 Å². The van der Waals surface area contributed by atoms with E-state index in [1.807, 2.05) is 0 Å². The van der Waals surface area contributed by atoms with Crippen LogP contribution in [0.4, 0.5) is 0 Å². The number of aliphatic hydroxyl groups is 2. The van der Waals surface area contributed by atoms with Crippen LogP contribution in [0.1, 0.15) is 91.9 Å². The highest BCUT2D eigenvalue weighted by atomic mass is 127. The fourth-order valence-corrected chi connectivity index (χ4v) is 8.74. The van der Waals surface area contributed by atoms with Gasteiger partial charge in [-0.25, -0.2) is 0 Å². The number of rotatable bonds is 6. The number of halogens is 1. The number of hydrogen-bond donors (Lipinski definition) is 2. The molecule has 0 amide bonds. The van der Waals surface area contributed by atoms with Crippen LogP contribution < -0.4 is 0 Å². The van der Waals surface area contributed by atoms with E-state index in [0.29, 0.717) is 30.6 Å². The summed E-state index contributed by atoms with van der Waals surface area (Å²) in [7, 11) is 0. The largest absolute Gasteiger partial charge is 0.365 e. The molecule has 0 aromatic heterocycles. The van der Waals surface area contributed by atoms with E-state index >= 15 is 0 Å². The Morgan fingerprint density at radius 3 is 2.57 bits per heavy atom. The molecule has 0 aromatic carbocycles. The Bertz CT molecular complexity index is 689. The molecule has 3 aliphatic carbocycles. The van der Waals surface area contributed by atoms with E-state index in [9.17, 15) is 10.2 Å². The SMILES string of the molecule is C=C1CCC(O)(O)C/C1=C/C=C1\CCC[C@@]2(C)[C@@H]([C@H](C)CCCC(C)C)C(I)C[C@@H]12. The summed E-state index contributed by atoms with van der Waals surface area (Å²) < 4.78 is 0.757. The van der Waals surface area contributed by atoms with Crippen molar-refractivity contribution >= 4 is 22.6 Å². The summed E-state index contributed by atoms with van der Waals surface area (Å²) in [5.41, 5.74) is 4.09. The minimum Gasteiger partial charge on any atom is -0.365 e. The van der Waals surface area contributed by atoms with Crippen molar-refractivity contribution in [3.63, 3.8) is 0 Å². The zero-order valence-corrected chi connectivity index (χ0v) is 21.7. The van der Waals surface area contributed by atoms with E-state index < -0.39 is 5.79 Å². The summed E-state index contributed by atoms with van der Waals surface area (Å²) in [6.45, 7) is 13.9. The average molecular weight is 527 g/mol. The van der Waals surface area contributed by atoms with Gasteiger partial charge in [0.1, 0.15) is 0 Å². The Kier molecular flexibility index (Phi) is 8.00. The third kappa shape index (κ3) is 5.43. The van der Waals surface area contributed by atoms with Gasteiger partial charge in [-0.3, -0.25) is 0 Å². The second-order valence-electron chi connectivity index (χ2n) is 11.2. The number of allylic oxidation sites excluding steroid dienone is 4. The standard InChI is InChI=1S/C27H43IO2/c1-18(2)8-6-9-20(4)25-24(28)16-23-21(10-7-14-26(23,25)5)11-12-22-17-27(29,30)15-13-19(22)3/h11-12,18,20,23-25,29-30H,3,6-10,13-17H2,1-2,4-5H3/b21-11+,22-12-/t20-,23+,24?,25+,26-/m1/s1. The van der Waals surface area contributed by atoms with Crippen molar-refractivity contribution in [3.05, 3.63) is 35.5 Å². The molecule has 3 heteroatoms. The fraction of sp³-hybridized carbons (Fsp3) is 0.778. The number of hydrogen-bond acceptors (Lipinski definition) is 2. The van der Waals surface area contributed by atoms with Crippen molar-refractivity contribution in [2.24, 2.45) is 29.1 Å². The number of fused-ring (bicyclic) bond motifs is 1. The smallest absolute Gasteiger partial charge is 0.166 e. The lowest BCUT2D eigenvalue weighted by atomic mass is 9.60. The zero-order chi connectivity index (χ0) is 22.1. The van der Waals surface area contributed by atoms with E-state index in [2.05, 4.69) is 69.0 Å². The topological polar surface area (TPSA) is 40.5 Å². The third-order valence-electron chi connectivity index (χ3n) is 8.34. The quantitative estimate of drug-likeness (QED) is 0.216. The van der Waals surface area contributed by atoms with Gasteiger partial charge in [-0.1, -0.05) is 99.4 Å². The van der Waals surface area contributed by atoms with Crippen LogP contribution >= 0.6 is 22.6 Å². The van der Waals surface area contributed by atoms with Crippen LogP contribution in [-0.2, 0) is 0 Å². The summed E-state index contributed by atoms with van der Waals surface area (Å²) in [6.07, 6.45) is 15.1. The van der Waals surface area contributed by atoms with Gasteiger partial charge in [0, 0.05) is 16.8 Å². The lowest BCUT2D eigenvalue weighted by molar-refractivity contribution is -0.166. The summed E-state index contributed by atoms with van der Waals surface area (Å²) in [6, 6.07) is 0. The van der Waals surface area contributed by atoms with Gasteiger partial charge < -0.3 is 10.2 Å². The second-order valence-corrected chi connectivity index (χ2v) is 12.8. The van der Waals surface area contributed by atoms with Crippen LogP contribution in [0.2, 0.25) is 0 Å². The molecule has 0 saturated heterocycles. The van der Waals surface area contributed by atoms with Crippen LogP contribution in [-0.4, -0.2) is 19.9 Å². The highest BCUT2D eigenvalue weighted by molar-refractivity contribution is 14.1. The Morgan fingerprint density at radius 1 is 1.13 bits per heavy atom. The van der Waals surface area contributed by atoms with Gasteiger partial charge in [-0.15, -0.1) is 0 Å². The van der Waals surface area contributed by atoms with Gasteiger partial charge in [0.05, 0.1) is 0 Å². The molecular weight excluding hydrogens is 483 g/mol. The van der Waals surface area contributed by atoms with Gasteiger partial charge in [0.2, 0.25) is 0 Å². The molecule has 3 aliphatic rings. The molecule has 2 nitrogen and oxygen atoms in total. The molecule has 30 heavy (non-hydrogen) atoms. The highest BCUT2D eigenvalue weighted by Crippen LogP contribution is 2.61. The van der Waals surface area contributed by atoms with Gasteiger partial charge in [-0.05, 0) is 66.8 Å². The molecule has 2 N–H and O–H groups in total. The maximum Gasteiger partial charge on any atom is 0.166 e. The molecule has 3 rings (SSSR count). The van der Waals surface area contributed by atoms with E-state index in [1.165, 1.54) is 44.9 Å². The van der Waals surface area contributed by atoms with Crippen molar-refractivity contribution in [3.8, 4) is 0 Å². The molecule has 0 spiro atoms. The van der Waals surface area contributed by atoms with Crippen LogP contribution in [0.15, 0.2) is 35.5 Å². The molecule has 5 atom stereocenters. The Hall–Kier alpha value is -0.130. The first-order chi connectivity index (χ1) is 14.0. The Labute approximate surface area is 198 Å². The first kappa shape index (κ1) is 24.5. The van der Waals surface area contributed by atoms with Crippen molar-refractivity contribution in [1.82, 2.24) is 0 Å². The Morgan fingerprint density at radius 2 is 1.87 bits per heavy atom. The van der Waals surface area contributed by atoms with E-state index in [-0.39, 0.29) is 0 Å². The maximum atomic E-state index is 10.1. The van der Waals surface area contributed by atoms with Crippen LogP contribution in [0, 0.1) is 29.1 Å². The summed E-state index contributed by atoms with van der Waals surface area (Å²) in [5, 5.41) is 20.2. The minimum atomic E-state index is -1.57. The summed E-state index contributed by atoms with van der Waals surface area (Å²) >= 11 is 2.76. The fourth-order valence-electron chi connectivity index (χ4n) is 6.70. The van der Waals surface area contributed by atoms with Gasteiger partial charge in [0.25, 0.3) is 0 Å². The van der Waals surface area contributed by atoms with Crippen molar-refractivity contribution in [1.29, 1.82) is 0 Å². The average Bonchev–Trinajstić information content (AvgIpc) is 2.92. The van der Waals surface area contributed by atoms with E-state index in [4.69, 9.17) is 0 Å². The van der Waals surface area contributed by atoms with Gasteiger partial charge in [0.15, 0.2) is 5.79 Å². The first-order valence-corrected chi connectivity index (χ1v) is 13.4. The molecule has 0 radical (unpaired) electrons. The minimum absolute atomic E-state index is 0.308.